The van der Waals surface area contributed by atoms with Crippen molar-refractivity contribution in [3.8, 4) is 0 Å². The lowest BCUT2D eigenvalue weighted by molar-refractivity contribution is -0.108. The molecule has 1 heterocycles. The number of carboxylic acid groups (broad SMARTS) is 1. The third-order valence-electron chi connectivity index (χ3n) is 2.89. The van der Waals surface area contributed by atoms with Crippen LogP contribution in [0.25, 0.3) is 0 Å². The predicted octanol–water partition coefficient (Wildman–Crippen LogP) is 1.93. The molecule has 1 aromatic rings. The number of rotatable bonds is 2. The van der Waals surface area contributed by atoms with E-state index in [0.29, 0.717) is 13.0 Å². The number of amides is 1. The highest BCUT2D eigenvalue weighted by molar-refractivity contribution is 5.87. The average molecular weight is 219 g/mol. The SMILES string of the molecule is O=CCC1Cc2ccccc2N(C(=O)O)C1. The van der Waals surface area contributed by atoms with E-state index in [0.717, 1.165) is 24.0 Å². The Morgan fingerprint density at radius 1 is 1.50 bits per heavy atom. The Labute approximate surface area is 93.5 Å². The zero-order chi connectivity index (χ0) is 11.5. The number of para-hydroxylation sites is 1. The maximum absolute atomic E-state index is 11.1. The number of anilines is 1. The van der Waals surface area contributed by atoms with E-state index < -0.39 is 6.09 Å². The normalized spacial score (nSPS) is 19.0. The molecule has 0 saturated heterocycles. The van der Waals surface area contributed by atoms with Gasteiger partial charge in [0.25, 0.3) is 0 Å². The van der Waals surface area contributed by atoms with E-state index in [1.54, 1.807) is 6.07 Å². The molecule has 16 heavy (non-hydrogen) atoms. The van der Waals surface area contributed by atoms with Crippen molar-refractivity contribution in [1.29, 1.82) is 0 Å². The van der Waals surface area contributed by atoms with Gasteiger partial charge in [-0.2, -0.15) is 0 Å². The second kappa shape index (κ2) is 4.35. The van der Waals surface area contributed by atoms with E-state index in [9.17, 15) is 9.59 Å². The van der Waals surface area contributed by atoms with Gasteiger partial charge in [-0.25, -0.2) is 4.79 Å². The Balaban J connectivity index is 2.33. The average Bonchev–Trinajstić information content (AvgIpc) is 2.28. The number of hydrogen-bond acceptors (Lipinski definition) is 2. The van der Waals surface area contributed by atoms with Crippen molar-refractivity contribution in [3.63, 3.8) is 0 Å². The first-order valence-corrected chi connectivity index (χ1v) is 5.24. The quantitative estimate of drug-likeness (QED) is 0.773. The standard InChI is InChI=1S/C12H13NO3/c14-6-5-9-7-10-3-1-2-4-11(10)13(8-9)12(15)16/h1-4,6,9H,5,7-8H2,(H,15,16). The van der Waals surface area contributed by atoms with Crippen LogP contribution in [-0.4, -0.2) is 24.0 Å². The Morgan fingerprint density at radius 2 is 2.25 bits per heavy atom. The van der Waals surface area contributed by atoms with Crippen molar-refractivity contribution in [1.82, 2.24) is 0 Å². The molecule has 1 aliphatic heterocycles. The number of benzene rings is 1. The van der Waals surface area contributed by atoms with Gasteiger partial charge in [0, 0.05) is 13.0 Å². The number of nitrogens with zero attached hydrogens (tertiary/aromatic N) is 1. The van der Waals surface area contributed by atoms with Crippen LogP contribution >= 0.6 is 0 Å². The van der Waals surface area contributed by atoms with Gasteiger partial charge >= 0.3 is 6.09 Å². The second-order valence-electron chi connectivity index (χ2n) is 3.99. The van der Waals surface area contributed by atoms with Crippen molar-refractivity contribution in [2.45, 2.75) is 12.8 Å². The van der Waals surface area contributed by atoms with Crippen molar-refractivity contribution in [3.05, 3.63) is 29.8 Å². The third kappa shape index (κ3) is 1.91. The van der Waals surface area contributed by atoms with Crippen LogP contribution in [-0.2, 0) is 11.2 Å². The highest BCUT2D eigenvalue weighted by Crippen LogP contribution is 2.30. The summed E-state index contributed by atoms with van der Waals surface area (Å²) < 4.78 is 0. The lowest BCUT2D eigenvalue weighted by Gasteiger charge is -2.31. The number of carbonyl (C=O) groups excluding carboxylic acids is 1. The van der Waals surface area contributed by atoms with Gasteiger partial charge < -0.3 is 9.90 Å². The molecule has 0 aliphatic carbocycles. The summed E-state index contributed by atoms with van der Waals surface area (Å²) in [5.74, 6) is 0.100. The minimum absolute atomic E-state index is 0.100. The second-order valence-corrected chi connectivity index (χ2v) is 3.99. The summed E-state index contributed by atoms with van der Waals surface area (Å²) in [4.78, 5) is 22.9. The summed E-state index contributed by atoms with van der Waals surface area (Å²) in [6.07, 6.45) is 1.10. The number of hydrogen-bond donors (Lipinski definition) is 1. The van der Waals surface area contributed by atoms with Crippen molar-refractivity contribution < 1.29 is 14.7 Å². The lowest BCUT2D eigenvalue weighted by atomic mass is 9.91. The smallest absolute Gasteiger partial charge is 0.411 e. The van der Waals surface area contributed by atoms with Gasteiger partial charge in [-0.3, -0.25) is 4.90 Å². The fourth-order valence-electron chi connectivity index (χ4n) is 2.15. The van der Waals surface area contributed by atoms with Gasteiger partial charge in [-0.1, -0.05) is 18.2 Å². The third-order valence-corrected chi connectivity index (χ3v) is 2.89. The summed E-state index contributed by atoms with van der Waals surface area (Å²) in [6, 6.07) is 7.44. The molecule has 0 fully saturated rings. The fraction of sp³-hybridized carbons (Fsp3) is 0.333. The first kappa shape index (κ1) is 10.7. The molecule has 4 nitrogen and oxygen atoms in total. The van der Waals surface area contributed by atoms with Crippen molar-refractivity contribution >= 4 is 18.1 Å². The highest BCUT2D eigenvalue weighted by Gasteiger charge is 2.27. The van der Waals surface area contributed by atoms with Gasteiger partial charge in [-0.15, -0.1) is 0 Å². The molecule has 1 atom stereocenters. The minimum atomic E-state index is -0.956. The van der Waals surface area contributed by atoms with Crippen LogP contribution in [0.5, 0.6) is 0 Å². The van der Waals surface area contributed by atoms with Crippen LogP contribution in [0.2, 0.25) is 0 Å². The molecule has 1 amide bonds. The molecule has 84 valence electrons. The predicted molar refractivity (Wildman–Crippen MR) is 59.7 cm³/mol. The van der Waals surface area contributed by atoms with Crippen LogP contribution in [0.1, 0.15) is 12.0 Å². The molecular weight excluding hydrogens is 206 g/mol. The van der Waals surface area contributed by atoms with Crippen LogP contribution < -0.4 is 4.90 Å². The number of fused-ring (bicyclic) bond motifs is 1. The number of aldehydes is 1. The molecule has 0 spiro atoms. The van der Waals surface area contributed by atoms with E-state index >= 15 is 0 Å². The summed E-state index contributed by atoms with van der Waals surface area (Å²) in [5, 5.41) is 9.11. The molecule has 0 radical (unpaired) electrons. The van der Waals surface area contributed by atoms with Crippen molar-refractivity contribution in [2.75, 3.05) is 11.4 Å². The summed E-state index contributed by atoms with van der Waals surface area (Å²) in [7, 11) is 0. The lowest BCUT2D eigenvalue weighted by Crippen LogP contribution is -2.39. The largest absolute Gasteiger partial charge is 0.465 e. The Hall–Kier alpha value is -1.84. The van der Waals surface area contributed by atoms with E-state index in [2.05, 4.69) is 0 Å². The maximum atomic E-state index is 11.1. The Bertz CT molecular complexity index is 416. The monoisotopic (exact) mass is 219 g/mol. The maximum Gasteiger partial charge on any atom is 0.411 e. The number of carbonyl (C=O) groups is 2. The van der Waals surface area contributed by atoms with Crippen LogP contribution in [0.4, 0.5) is 10.5 Å². The van der Waals surface area contributed by atoms with Crippen molar-refractivity contribution in [2.24, 2.45) is 5.92 Å². The highest BCUT2D eigenvalue weighted by atomic mass is 16.4. The van der Waals surface area contributed by atoms with E-state index in [1.807, 2.05) is 18.2 Å². The molecular formula is C12H13NO3. The van der Waals surface area contributed by atoms with Crippen LogP contribution in [0.15, 0.2) is 24.3 Å². The van der Waals surface area contributed by atoms with Gasteiger partial charge in [0.15, 0.2) is 0 Å². The summed E-state index contributed by atoms with van der Waals surface area (Å²) >= 11 is 0. The Morgan fingerprint density at radius 3 is 2.94 bits per heavy atom. The zero-order valence-electron chi connectivity index (χ0n) is 8.80. The summed E-state index contributed by atoms with van der Waals surface area (Å²) in [6.45, 7) is 0.408. The van der Waals surface area contributed by atoms with Gasteiger partial charge in [-0.05, 0) is 24.0 Å². The topological polar surface area (TPSA) is 57.6 Å². The van der Waals surface area contributed by atoms with E-state index in [-0.39, 0.29) is 5.92 Å². The molecule has 1 N–H and O–H groups in total. The molecule has 0 bridgehead atoms. The first-order chi connectivity index (χ1) is 7.72. The zero-order valence-corrected chi connectivity index (χ0v) is 8.80. The van der Waals surface area contributed by atoms with Crippen LogP contribution in [0, 0.1) is 5.92 Å². The first-order valence-electron chi connectivity index (χ1n) is 5.24. The molecule has 1 unspecified atom stereocenters. The molecule has 2 rings (SSSR count). The minimum Gasteiger partial charge on any atom is -0.465 e. The van der Waals surface area contributed by atoms with E-state index in [4.69, 9.17) is 5.11 Å². The molecule has 4 heteroatoms. The van der Waals surface area contributed by atoms with Crippen LogP contribution in [0.3, 0.4) is 0 Å². The fourth-order valence-corrected chi connectivity index (χ4v) is 2.15. The van der Waals surface area contributed by atoms with Gasteiger partial charge in [0.1, 0.15) is 6.29 Å². The Kier molecular flexibility index (Phi) is 2.90. The molecule has 1 aromatic carbocycles. The summed E-state index contributed by atoms with van der Waals surface area (Å²) in [5.41, 5.74) is 1.75. The van der Waals surface area contributed by atoms with Gasteiger partial charge in [0.2, 0.25) is 0 Å². The molecule has 0 saturated carbocycles. The molecule has 1 aliphatic rings. The van der Waals surface area contributed by atoms with Gasteiger partial charge in [0.05, 0.1) is 5.69 Å². The molecule has 0 aromatic heterocycles. The van der Waals surface area contributed by atoms with E-state index in [1.165, 1.54) is 4.90 Å².